The number of carbonyl (C=O) groups is 1. The van der Waals surface area contributed by atoms with E-state index in [0.717, 1.165) is 19.6 Å². The molecule has 0 spiro atoms. The van der Waals surface area contributed by atoms with Crippen molar-refractivity contribution in [3.05, 3.63) is 0 Å². The third-order valence-corrected chi connectivity index (χ3v) is 3.34. The highest BCUT2D eigenvalue weighted by Gasteiger charge is 2.12. The molecule has 0 aromatic rings. The highest BCUT2D eigenvalue weighted by atomic mass is 16.5. The lowest BCUT2D eigenvalue weighted by Crippen LogP contribution is -2.45. The van der Waals surface area contributed by atoms with E-state index in [1.54, 1.807) is 7.11 Å². The van der Waals surface area contributed by atoms with Crippen LogP contribution in [0, 0.1) is 0 Å². The number of nitrogens with one attached hydrogen (secondary N) is 3. The fourth-order valence-electron chi connectivity index (χ4n) is 2.26. The van der Waals surface area contributed by atoms with Crippen molar-refractivity contribution in [3.63, 3.8) is 0 Å². The molecule has 136 valence electrons. The molecule has 0 aliphatic heterocycles. The van der Waals surface area contributed by atoms with Crippen LogP contribution in [0.5, 0.6) is 0 Å². The van der Waals surface area contributed by atoms with Crippen molar-refractivity contribution >= 4 is 11.9 Å². The van der Waals surface area contributed by atoms with Gasteiger partial charge in [-0.2, -0.15) is 0 Å². The number of ether oxygens (including phenoxy) is 1. The Labute approximate surface area is 141 Å². The normalized spacial score (nSPS) is 12.1. The zero-order chi connectivity index (χ0) is 17.7. The zero-order valence-corrected chi connectivity index (χ0v) is 15.6. The van der Waals surface area contributed by atoms with E-state index in [4.69, 9.17) is 4.74 Å². The molecule has 0 radical (unpaired) electrons. The van der Waals surface area contributed by atoms with Crippen molar-refractivity contribution < 1.29 is 9.53 Å². The monoisotopic (exact) mass is 329 g/mol. The largest absolute Gasteiger partial charge is 0.383 e. The lowest BCUT2D eigenvalue weighted by molar-refractivity contribution is -0.119. The number of hydrogen-bond acceptors (Lipinski definition) is 4. The third kappa shape index (κ3) is 10.9. The van der Waals surface area contributed by atoms with Crippen molar-refractivity contribution in [1.29, 1.82) is 0 Å². The Balaban J connectivity index is 4.28. The van der Waals surface area contributed by atoms with E-state index in [-0.39, 0.29) is 12.5 Å². The molecular weight excluding hydrogens is 294 g/mol. The average molecular weight is 329 g/mol. The van der Waals surface area contributed by atoms with Crippen LogP contribution in [0.3, 0.4) is 0 Å². The maximum atomic E-state index is 11.6. The molecule has 7 nitrogen and oxygen atoms in total. The van der Waals surface area contributed by atoms with Gasteiger partial charge < -0.3 is 20.7 Å². The Kier molecular flexibility index (Phi) is 12.4. The standard InChI is InChI=1S/C16H35N5O2/c1-7-17-16(20-12-15(22)18-9-11-23-6)19-8-10-21(13(2)3)14(4)5/h13-14H,7-12H2,1-6H3,(H,18,22)(H2,17,19,20). The predicted molar refractivity (Wildman–Crippen MR) is 95.8 cm³/mol. The van der Waals surface area contributed by atoms with Gasteiger partial charge in [0.1, 0.15) is 6.54 Å². The number of rotatable bonds is 11. The van der Waals surface area contributed by atoms with E-state index in [9.17, 15) is 4.79 Å². The zero-order valence-electron chi connectivity index (χ0n) is 15.6. The van der Waals surface area contributed by atoms with Gasteiger partial charge in [0.2, 0.25) is 5.91 Å². The molecule has 0 aromatic carbocycles. The van der Waals surface area contributed by atoms with Crippen LogP contribution in [0.15, 0.2) is 4.99 Å². The van der Waals surface area contributed by atoms with Gasteiger partial charge in [0.05, 0.1) is 6.61 Å². The highest BCUT2D eigenvalue weighted by Crippen LogP contribution is 2.03. The van der Waals surface area contributed by atoms with Crippen LogP contribution in [0.2, 0.25) is 0 Å². The van der Waals surface area contributed by atoms with Gasteiger partial charge in [0.25, 0.3) is 0 Å². The number of methoxy groups -OCH3 is 1. The number of nitrogens with zero attached hydrogens (tertiary/aromatic N) is 2. The number of amides is 1. The minimum Gasteiger partial charge on any atom is -0.383 e. The maximum absolute atomic E-state index is 11.6. The summed E-state index contributed by atoms with van der Waals surface area (Å²) in [6, 6.07) is 1.01. The summed E-state index contributed by atoms with van der Waals surface area (Å²) < 4.78 is 4.89. The molecule has 0 atom stereocenters. The second-order valence-corrected chi connectivity index (χ2v) is 5.89. The van der Waals surface area contributed by atoms with Gasteiger partial charge >= 0.3 is 0 Å². The number of carbonyl (C=O) groups excluding carboxylic acids is 1. The molecule has 0 fully saturated rings. The summed E-state index contributed by atoms with van der Waals surface area (Å²) in [5.74, 6) is 0.562. The molecule has 0 saturated heterocycles. The Hall–Kier alpha value is -1.34. The van der Waals surface area contributed by atoms with E-state index in [1.165, 1.54) is 0 Å². The van der Waals surface area contributed by atoms with Crippen LogP contribution >= 0.6 is 0 Å². The fraction of sp³-hybridized carbons (Fsp3) is 0.875. The summed E-state index contributed by atoms with van der Waals surface area (Å²) >= 11 is 0. The van der Waals surface area contributed by atoms with Crippen LogP contribution in [-0.2, 0) is 9.53 Å². The molecule has 0 saturated carbocycles. The van der Waals surface area contributed by atoms with Crippen molar-refractivity contribution in [2.24, 2.45) is 4.99 Å². The minimum atomic E-state index is -0.106. The van der Waals surface area contributed by atoms with E-state index < -0.39 is 0 Å². The molecule has 0 aliphatic carbocycles. The first-order valence-electron chi connectivity index (χ1n) is 8.45. The van der Waals surface area contributed by atoms with E-state index in [0.29, 0.717) is 31.2 Å². The average Bonchev–Trinajstić information content (AvgIpc) is 2.48. The topological polar surface area (TPSA) is 78.0 Å². The summed E-state index contributed by atoms with van der Waals surface area (Å²) in [4.78, 5) is 18.4. The Morgan fingerprint density at radius 2 is 1.74 bits per heavy atom. The molecule has 0 rings (SSSR count). The van der Waals surface area contributed by atoms with Crippen LogP contribution in [0.1, 0.15) is 34.6 Å². The molecule has 23 heavy (non-hydrogen) atoms. The van der Waals surface area contributed by atoms with Gasteiger partial charge in [0.15, 0.2) is 5.96 Å². The van der Waals surface area contributed by atoms with Crippen molar-refractivity contribution in [3.8, 4) is 0 Å². The Bertz CT molecular complexity index is 337. The maximum Gasteiger partial charge on any atom is 0.241 e. The van der Waals surface area contributed by atoms with E-state index in [1.807, 2.05) is 6.92 Å². The van der Waals surface area contributed by atoms with Gasteiger partial charge in [-0.15, -0.1) is 0 Å². The lowest BCUT2D eigenvalue weighted by atomic mass is 10.2. The molecule has 0 bridgehead atoms. The summed E-state index contributed by atoms with van der Waals surface area (Å²) in [5, 5.41) is 9.18. The van der Waals surface area contributed by atoms with Crippen molar-refractivity contribution in [2.75, 3.05) is 46.4 Å². The van der Waals surface area contributed by atoms with Crippen molar-refractivity contribution in [2.45, 2.75) is 46.7 Å². The molecule has 0 unspecified atom stereocenters. The van der Waals surface area contributed by atoms with Crippen molar-refractivity contribution in [1.82, 2.24) is 20.9 Å². The van der Waals surface area contributed by atoms with Gasteiger partial charge in [-0.1, -0.05) is 0 Å². The molecule has 3 N–H and O–H groups in total. The SMILES string of the molecule is CCNC(=NCC(=O)NCCOC)NCCN(C(C)C)C(C)C. The quantitative estimate of drug-likeness (QED) is 0.291. The number of hydrogen-bond donors (Lipinski definition) is 3. The second-order valence-electron chi connectivity index (χ2n) is 5.89. The van der Waals surface area contributed by atoms with Crippen LogP contribution in [-0.4, -0.2) is 75.3 Å². The Morgan fingerprint density at radius 3 is 2.26 bits per heavy atom. The Morgan fingerprint density at radius 1 is 1.09 bits per heavy atom. The van der Waals surface area contributed by atoms with Gasteiger partial charge in [0, 0.05) is 45.4 Å². The first-order valence-corrected chi connectivity index (χ1v) is 8.45. The number of aliphatic imine (C=N–C) groups is 1. The van der Waals surface area contributed by atoms with Gasteiger partial charge in [-0.05, 0) is 34.6 Å². The fourth-order valence-corrected chi connectivity index (χ4v) is 2.26. The minimum absolute atomic E-state index is 0.106. The van der Waals surface area contributed by atoms with E-state index in [2.05, 4.69) is 53.5 Å². The van der Waals surface area contributed by atoms with E-state index >= 15 is 0 Å². The summed E-state index contributed by atoms with van der Waals surface area (Å²) in [6.07, 6.45) is 0. The first kappa shape index (κ1) is 21.7. The third-order valence-electron chi connectivity index (χ3n) is 3.34. The highest BCUT2D eigenvalue weighted by molar-refractivity contribution is 5.84. The van der Waals surface area contributed by atoms with Crippen LogP contribution in [0.4, 0.5) is 0 Å². The molecule has 7 heteroatoms. The smallest absolute Gasteiger partial charge is 0.241 e. The first-order chi connectivity index (χ1) is 10.9. The number of guanidine groups is 1. The lowest BCUT2D eigenvalue weighted by Gasteiger charge is -2.30. The summed E-state index contributed by atoms with van der Waals surface area (Å²) in [5.41, 5.74) is 0. The van der Waals surface area contributed by atoms with Crippen LogP contribution < -0.4 is 16.0 Å². The molecule has 0 aliphatic rings. The summed E-state index contributed by atoms with van der Waals surface area (Å²) in [6.45, 7) is 14.4. The second kappa shape index (κ2) is 13.1. The molecular formula is C16H35N5O2. The molecule has 0 aromatic heterocycles. The molecule has 0 heterocycles. The summed E-state index contributed by atoms with van der Waals surface area (Å²) in [7, 11) is 1.61. The van der Waals surface area contributed by atoms with Gasteiger partial charge in [-0.25, -0.2) is 4.99 Å². The van der Waals surface area contributed by atoms with Gasteiger partial charge in [-0.3, -0.25) is 9.69 Å². The molecule has 1 amide bonds. The van der Waals surface area contributed by atoms with Crippen LogP contribution in [0.25, 0.3) is 0 Å². The predicted octanol–water partition coefficient (Wildman–Crippen LogP) is 0.423.